The second-order valence-corrected chi connectivity index (χ2v) is 6.09. The van der Waals surface area contributed by atoms with Gasteiger partial charge in [0.1, 0.15) is 5.01 Å². The maximum absolute atomic E-state index is 11.4. The summed E-state index contributed by atoms with van der Waals surface area (Å²) >= 11 is 6.64. The van der Waals surface area contributed by atoms with E-state index in [-0.39, 0.29) is 5.91 Å². The molecule has 0 aliphatic rings. The van der Waals surface area contributed by atoms with Crippen LogP contribution in [-0.4, -0.2) is 17.4 Å². The zero-order valence-corrected chi connectivity index (χ0v) is 12.4. The molecule has 0 saturated carbocycles. The number of hydrogen-bond acceptors (Lipinski definition) is 4. The van der Waals surface area contributed by atoms with Gasteiger partial charge in [-0.15, -0.1) is 22.7 Å². The van der Waals surface area contributed by atoms with Gasteiger partial charge in [0.25, 0.3) is 0 Å². The fourth-order valence-electron chi connectivity index (χ4n) is 1.35. The lowest BCUT2D eigenvalue weighted by atomic mass is 10.3. The van der Waals surface area contributed by atoms with E-state index < -0.39 is 0 Å². The van der Waals surface area contributed by atoms with Gasteiger partial charge in [-0.3, -0.25) is 4.79 Å². The normalized spacial score (nSPS) is 10.5. The van der Waals surface area contributed by atoms with E-state index in [9.17, 15) is 4.79 Å². The van der Waals surface area contributed by atoms with E-state index >= 15 is 0 Å². The molecule has 0 bridgehead atoms. The molecule has 2 aromatic rings. The van der Waals surface area contributed by atoms with E-state index in [1.165, 1.54) is 0 Å². The average Bonchev–Trinajstić information content (AvgIpc) is 2.87. The van der Waals surface area contributed by atoms with Crippen LogP contribution in [0.3, 0.4) is 0 Å². The van der Waals surface area contributed by atoms with Crippen LogP contribution < -0.4 is 5.32 Å². The van der Waals surface area contributed by atoms with Crippen LogP contribution in [0.5, 0.6) is 0 Å². The first-order chi connectivity index (χ1) is 8.19. The van der Waals surface area contributed by atoms with E-state index in [1.807, 2.05) is 23.8 Å². The molecule has 1 amide bonds. The Morgan fingerprint density at radius 1 is 1.47 bits per heavy atom. The van der Waals surface area contributed by atoms with Gasteiger partial charge in [-0.05, 0) is 28.9 Å². The van der Waals surface area contributed by atoms with Crippen molar-refractivity contribution in [1.29, 1.82) is 0 Å². The summed E-state index contributed by atoms with van der Waals surface area (Å²) in [5.74, 6) is 0.0247. The summed E-state index contributed by atoms with van der Waals surface area (Å²) in [6.45, 7) is 2.57. The zero-order chi connectivity index (χ0) is 12.3. The molecule has 1 N–H and O–H groups in total. The minimum absolute atomic E-state index is 0.0247. The highest BCUT2D eigenvalue weighted by atomic mass is 79.9. The summed E-state index contributed by atoms with van der Waals surface area (Å²) in [6.07, 6.45) is 0.358. The van der Waals surface area contributed by atoms with Crippen molar-refractivity contribution >= 4 is 44.5 Å². The molecule has 0 aliphatic heterocycles. The van der Waals surface area contributed by atoms with E-state index in [1.54, 1.807) is 22.7 Å². The maximum Gasteiger partial charge on any atom is 0.226 e. The van der Waals surface area contributed by atoms with Crippen molar-refractivity contribution in [3.05, 3.63) is 27.0 Å². The molecule has 0 fully saturated rings. The quantitative estimate of drug-likeness (QED) is 0.934. The van der Waals surface area contributed by atoms with Crippen molar-refractivity contribution < 1.29 is 4.79 Å². The highest BCUT2D eigenvalue weighted by Gasteiger charge is 2.09. The van der Waals surface area contributed by atoms with Gasteiger partial charge >= 0.3 is 0 Å². The van der Waals surface area contributed by atoms with Gasteiger partial charge in [0, 0.05) is 21.8 Å². The molecule has 6 heteroatoms. The molecule has 2 heterocycles. The number of carbonyl (C=O) groups is 1. The van der Waals surface area contributed by atoms with Crippen LogP contribution in [0.1, 0.15) is 12.6 Å². The number of aromatic nitrogens is 1. The van der Waals surface area contributed by atoms with Gasteiger partial charge in [0.15, 0.2) is 0 Å². The Hall–Kier alpha value is -0.720. The number of thiazole rings is 1. The minimum Gasteiger partial charge on any atom is -0.356 e. The van der Waals surface area contributed by atoms with Crippen LogP contribution in [0.25, 0.3) is 9.88 Å². The van der Waals surface area contributed by atoms with Gasteiger partial charge in [0.05, 0.1) is 17.0 Å². The Morgan fingerprint density at radius 3 is 2.94 bits per heavy atom. The Labute approximate surface area is 116 Å². The highest BCUT2D eigenvalue weighted by molar-refractivity contribution is 9.10. The van der Waals surface area contributed by atoms with E-state index in [0.29, 0.717) is 13.0 Å². The van der Waals surface area contributed by atoms with Crippen LogP contribution in [0.15, 0.2) is 21.3 Å². The minimum atomic E-state index is 0.0247. The largest absolute Gasteiger partial charge is 0.356 e. The molecule has 3 nitrogen and oxygen atoms in total. The van der Waals surface area contributed by atoms with Crippen molar-refractivity contribution in [3.8, 4) is 9.88 Å². The Balaban J connectivity index is 2.08. The summed E-state index contributed by atoms with van der Waals surface area (Å²) in [4.78, 5) is 17.0. The van der Waals surface area contributed by atoms with Crippen LogP contribution in [0.4, 0.5) is 0 Å². The number of amides is 1. The molecule has 0 spiro atoms. The van der Waals surface area contributed by atoms with Crippen LogP contribution in [0, 0.1) is 0 Å². The second kappa shape index (κ2) is 5.75. The summed E-state index contributed by atoms with van der Waals surface area (Å²) < 4.78 is 1.07. The van der Waals surface area contributed by atoms with Crippen molar-refractivity contribution in [2.75, 3.05) is 6.54 Å². The molecule has 0 aromatic carbocycles. The predicted octanol–water partition coefficient (Wildman–Crippen LogP) is 3.31. The first-order valence-electron chi connectivity index (χ1n) is 5.14. The van der Waals surface area contributed by atoms with Crippen molar-refractivity contribution in [1.82, 2.24) is 10.3 Å². The van der Waals surface area contributed by atoms with Crippen LogP contribution in [-0.2, 0) is 11.2 Å². The second-order valence-electron chi connectivity index (χ2n) is 3.40. The highest BCUT2D eigenvalue weighted by Crippen LogP contribution is 2.31. The molecule has 0 atom stereocenters. The third-order valence-corrected chi connectivity index (χ3v) is 4.80. The number of likely N-dealkylation sites (N-methyl/N-ethyl adjacent to an activating group) is 1. The van der Waals surface area contributed by atoms with Gasteiger partial charge in [-0.2, -0.15) is 0 Å². The lowest BCUT2D eigenvalue weighted by Gasteiger charge is -1.98. The summed E-state index contributed by atoms with van der Waals surface area (Å²) in [5, 5.41) is 7.71. The zero-order valence-electron chi connectivity index (χ0n) is 9.20. The molecule has 0 aliphatic carbocycles. The third kappa shape index (κ3) is 3.37. The number of carbonyl (C=O) groups excluding carboxylic acids is 1. The van der Waals surface area contributed by atoms with Crippen LogP contribution >= 0.6 is 38.6 Å². The van der Waals surface area contributed by atoms with Gasteiger partial charge in [-0.25, -0.2) is 4.98 Å². The number of nitrogens with one attached hydrogen (secondary N) is 1. The molecule has 90 valence electrons. The topological polar surface area (TPSA) is 42.0 Å². The average molecular weight is 331 g/mol. The van der Waals surface area contributed by atoms with Gasteiger partial charge < -0.3 is 5.32 Å². The molecule has 0 unspecified atom stereocenters. The number of hydrogen-bond donors (Lipinski definition) is 1. The van der Waals surface area contributed by atoms with E-state index in [0.717, 1.165) is 20.1 Å². The predicted molar refractivity (Wildman–Crippen MR) is 75.5 cm³/mol. The molecular weight excluding hydrogens is 320 g/mol. The lowest BCUT2D eigenvalue weighted by molar-refractivity contribution is -0.120. The van der Waals surface area contributed by atoms with Crippen molar-refractivity contribution in [3.63, 3.8) is 0 Å². The molecule has 2 rings (SSSR count). The fourth-order valence-corrected chi connectivity index (χ4v) is 3.68. The Bertz CT molecular complexity index is 521. The van der Waals surface area contributed by atoms with Gasteiger partial charge in [-0.1, -0.05) is 0 Å². The maximum atomic E-state index is 11.4. The first-order valence-corrected chi connectivity index (χ1v) is 7.69. The standard InChI is InChI=1S/C11H11BrN2OS2/c1-2-13-10(15)4-8-6-17-11(14-8)9-3-7(12)5-16-9/h3,5-6H,2,4H2,1H3,(H,13,15). The molecular formula is C11H11BrN2OS2. The lowest BCUT2D eigenvalue weighted by Crippen LogP contribution is -2.24. The molecule has 0 radical (unpaired) electrons. The number of thiophene rings is 1. The van der Waals surface area contributed by atoms with E-state index in [4.69, 9.17) is 0 Å². The number of rotatable bonds is 4. The third-order valence-electron chi connectivity index (χ3n) is 2.05. The van der Waals surface area contributed by atoms with E-state index in [2.05, 4.69) is 26.2 Å². The monoisotopic (exact) mass is 330 g/mol. The van der Waals surface area contributed by atoms with Crippen molar-refractivity contribution in [2.24, 2.45) is 0 Å². The molecule has 17 heavy (non-hydrogen) atoms. The SMILES string of the molecule is CCNC(=O)Cc1csc(-c2cc(Br)cs2)n1. The Morgan fingerprint density at radius 2 is 2.29 bits per heavy atom. The molecule has 0 saturated heterocycles. The summed E-state index contributed by atoms with van der Waals surface area (Å²) in [5.41, 5.74) is 0.834. The smallest absolute Gasteiger partial charge is 0.226 e. The van der Waals surface area contributed by atoms with Crippen LogP contribution in [0.2, 0.25) is 0 Å². The summed E-state index contributed by atoms with van der Waals surface area (Å²) in [6, 6.07) is 2.04. The Kier molecular flexibility index (Phi) is 4.31. The number of nitrogens with zero attached hydrogens (tertiary/aromatic N) is 1. The van der Waals surface area contributed by atoms with Crippen molar-refractivity contribution in [2.45, 2.75) is 13.3 Å². The molecule has 2 aromatic heterocycles. The first kappa shape index (κ1) is 12.7. The fraction of sp³-hybridized carbons (Fsp3) is 0.273. The summed E-state index contributed by atoms with van der Waals surface area (Å²) in [7, 11) is 0. The number of halogens is 1. The van der Waals surface area contributed by atoms with Gasteiger partial charge in [0.2, 0.25) is 5.91 Å².